The molecule has 20 heavy (non-hydrogen) atoms. The molecular weight excluding hydrogens is 318 g/mol. The van der Waals surface area contributed by atoms with Crippen LogP contribution in [-0.4, -0.2) is 11.8 Å². The third-order valence-electron chi connectivity index (χ3n) is 3.07. The Labute approximate surface area is 124 Å². The van der Waals surface area contributed by atoms with E-state index in [9.17, 15) is 9.59 Å². The molecule has 98 valence electrons. The van der Waals surface area contributed by atoms with Crippen LogP contribution in [0.5, 0.6) is 0 Å². The zero-order chi connectivity index (χ0) is 14.1. The van der Waals surface area contributed by atoms with Gasteiger partial charge >= 0.3 is 0 Å². The van der Waals surface area contributed by atoms with Gasteiger partial charge in [0.25, 0.3) is 11.8 Å². The number of anilines is 1. The molecule has 2 aromatic rings. The van der Waals surface area contributed by atoms with Crippen molar-refractivity contribution < 1.29 is 9.59 Å². The highest BCUT2D eigenvalue weighted by molar-refractivity contribution is 9.10. The van der Waals surface area contributed by atoms with E-state index in [-0.39, 0.29) is 11.8 Å². The Morgan fingerprint density at radius 3 is 2.35 bits per heavy atom. The first-order valence-electron chi connectivity index (χ1n) is 6.08. The number of carbonyl (C=O) groups excluding carboxylic acids is 2. The van der Waals surface area contributed by atoms with Gasteiger partial charge in [0.15, 0.2) is 0 Å². The smallest absolute Gasteiger partial charge is 0.266 e. The van der Waals surface area contributed by atoms with Crippen LogP contribution in [0.1, 0.15) is 5.56 Å². The lowest BCUT2D eigenvalue weighted by atomic mass is 10.1. The Hall–Kier alpha value is -2.20. The molecule has 2 amide bonds. The second kappa shape index (κ2) is 5.06. The fourth-order valence-electron chi connectivity index (χ4n) is 2.15. The third-order valence-corrected chi connectivity index (χ3v) is 3.57. The minimum atomic E-state index is -0.313. The van der Waals surface area contributed by atoms with Crippen molar-refractivity contribution in [3.05, 3.63) is 70.7 Å². The molecule has 3 nitrogen and oxygen atoms in total. The monoisotopic (exact) mass is 327 g/mol. The molecule has 0 radical (unpaired) electrons. The summed E-state index contributed by atoms with van der Waals surface area (Å²) in [7, 11) is 0. The summed E-state index contributed by atoms with van der Waals surface area (Å²) >= 11 is 3.34. The van der Waals surface area contributed by atoms with E-state index >= 15 is 0 Å². The summed E-state index contributed by atoms with van der Waals surface area (Å²) in [6, 6.07) is 16.3. The van der Waals surface area contributed by atoms with Gasteiger partial charge in [-0.2, -0.15) is 0 Å². The van der Waals surface area contributed by atoms with Crippen LogP contribution in [0, 0.1) is 0 Å². The normalized spacial score (nSPS) is 14.7. The summed E-state index contributed by atoms with van der Waals surface area (Å²) in [5, 5.41) is 0. The van der Waals surface area contributed by atoms with Gasteiger partial charge in [0.1, 0.15) is 0 Å². The van der Waals surface area contributed by atoms with Gasteiger partial charge in [0.05, 0.1) is 11.3 Å². The number of imide groups is 1. The highest BCUT2D eigenvalue weighted by atomic mass is 79.9. The van der Waals surface area contributed by atoms with Gasteiger partial charge in [-0.05, 0) is 23.8 Å². The molecule has 1 heterocycles. The van der Waals surface area contributed by atoms with Crippen molar-refractivity contribution in [3.63, 3.8) is 0 Å². The molecule has 3 rings (SSSR count). The molecular formula is C16H10BrNO2. The van der Waals surface area contributed by atoms with Gasteiger partial charge < -0.3 is 0 Å². The number of hydrogen-bond acceptors (Lipinski definition) is 2. The zero-order valence-corrected chi connectivity index (χ0v) is 12.0. The van der Waals surface area contributed by atoms with Crippen LogP contribution in [0.2, 0.25) is 0 Å². The number of amides is 2. The Bertz CT molecular complexity index is 722. The van der Waals surface area contributed by atoms with Crippen molar-refractivity contribution in [2.45, 2.75) is 0 Å². The predicted octanol–water partition coefficient (Wildman–Crippen LogP) is 3.41. The first-order valence-corrected chi connectivity index (χ1v) is 6.87. The van der Waals surface area contributed by atoms with E-state index in [1.807, 2.05) is 36.4 Å². The zero-order valence-electron chi connectivity index (χ0n) is 10.4. The molecule has 1 aliphatic rings. The van der Waals surface area contributed by atoms with E-state index in [1.54, 1.807) is 18.2 Å². The van der Waals surface area contributed by atoms with Crippen molar-refractivity contribution in [3.8, 4) is 0 Å². The van der Waals surface area contributed by atoms with Gasteiger partial charge in [0, 0.05) is 10.5 Å². The highest BCUT2D eigenvalue weighted by Gasteiger charge is 2.32. The maximum absolute atomic E-state index is 12.4. The highest BCUT2D eigenvalue weighted by Crippen LogP contribution is 2.29. The van der Waals surface area contributed by atoms with E-state index in [0.717, 1.165) is 10.0 Å². The molecule has 0 spiro atoms. The molecule has 4 heteroatoms. The van der Waals surface area contributed by atoms with Gasteiger partial charge in [-0.1, -0.05) is 52.3 Å². The van der Waals surface area contributed by atoms with Gasteiger partial charge in [-0.25, -0.2) is 4.90 Å². The maximum atomic E-state index is 12.4. The van der Waals surface area contributed by atoms with Crippen molar-refractivity contribution >= 4 is 39.0 Å². The standard InChI is InChI=1S/C16H10BrNO2/c17-12-7-4-8-13(9-12)18-15(19)10-14(16(18)20)11-5-2-1-3-6-11/h1-10H. The maximum Gasteiger partial charge on any atom is 0.266 e. The molecule has 0 atom stereocenters. The summed E-state index contributed by atoms with van der Waals surface area (Å²) in [6.07, 6.45) is 1.39. The molecule has 1 aliphatic heterocycles. The first kappa shape index (κ1) is 12.8. The van der Waals surface area contributed by atoms with Crippen molar-refractivity contribution in [2.75, 3.05) is 4.90 Å². The summed E-state index contributed by atoms with van der Waals surface area (Å²) in [5.41, 5.74) is 1.75. The fourth-order valence-corrected chi connectivity index (χ4v) is 2.54. The second-order valence-electron chi connectivity index (χ2n) is 4.38. The van der Waals surface area contributed by atoms with E-state index in [4.69, 9.17) is 0 Å². The molecule has 0 aliphatic carbocycles. The number of rotatable bonds is 2. The second-order valence-corrected chi connectivity index (χ2v) is 5.30. The summed E-state index contributed by atoms with van der Waals surface area (Å²) in [5.74, 6) is -0.605. The molecule has 0 saturated carbocycles. The van der Waals surface area contributed by atoms with E-state index in [0.29, 0.717) is 11.3 Å². The Kier molecular flexibility index (Phi) is 3.24. The van der Waals surface area contributed by atoms with Crippen molar-refractivity contribution in [1.29, 1.82) is 0 Å². The minimum absolute atomic E-state index is 0.292. The Balaban J connectivity index is 1.99. The van der Waals surface area contributed by atoms with Crippen LogP contribution in [-0.2, 0) is 9.59 Å². The number of carbonyl (C=O) groups is 2. The molecule has 2 aromatic carbocycles. The lowest BCUT2D eigenvalue weighted by molar-refractivity contribution is -0.119. The van der Waals surface area contributed by atoms with Crippen LogP contribution in [0.25, 0.3) is 5.57 Å². The largest absolute Gasteiger partial charge is 0.269 e. The summed E-state index contributed by atoms with van der Waals surface area (Å²) in [6.45, 7) is 0. The average Bonchev–Trinajstić information content (AvgIpc) is 2.75. The molecule has 0 saturated heterocycles. The average molecular weight is 328 g/mol. The predicted molar refractivity (Wildman–Crippen MR) is 81.1 cm³/mol. The summed E-state index contributed by atoms with van der Waals surface area (Å²) in [4.78, 5) is 25.7. The molecule has 0 aromatic heterocycles. The lowest BCUT2D eigenvalue weighted by Gasteiger charge is -2.15. The minimum Gasteiger partial charge on any atom is -0.269 e. The number of hydrogen-bond donors (Lipinski definition) is 0. The number of benzene rings is 2. The van der Waals surface area contributed by atoms with Crippen LogP contribution >= 0.6 is 15.9 Å². The van der Waals surface area contributed by atoms with Crippen LogP contribution in [0.15, 0.2) is 65.1 Å². The van der Waals surface area contributed by atoms with E-state index in [2.05, 4.69) is 15.9 Å². The molecule has 0 bridgehead atoms. The Morgan fingerprint density at radius 2 is 1.65 bits per heavy atom. The van der Waals surface area contributed by atoms with E-state index in [1.165, 1.54) is 11.0 Å². The van der Waals surface area contributed by atoms with Crippen LogP contribution in [0.4, 0.5) is 5.69 Å². The number of halogens is 1. The number of nitrogens with zero attached hydrogens (tertiary/aromatic N) is 1. The fraction of sp³-hybridized carbons (Fsp3) is 0. The van der Waals surface area contributed by atoms with Crippen molar-refractivity contribution in [1.82, 2.24) is 0 Å². The van der Waals surface area contributed by atoms with Crippen LogP contribution in [0.3, 0.4) is 0 Å². The molecule has 0 N–H and O–H groups in total. The SMILES string of the molecule is O=C1C=C(c2ccccc2)C(=O)N1c1cccc(Br)c1. The Morgan fingerprint density at radius 1 is 0.900 bits per heavy atom. The molecule has 0 unspecified atom stereocenters. The van der Waals surface area contributed by atoms with Gasteiger partial charge in [0.2, 0.25) is 0 Å². The van der Waals surface area contributed by atoms with Crippen LogP contribution < -0.4 is 4.90 Å². The quantitative estimate of drug-likeness (QED) is 0.793. The molecule has 0 fully saturated rings. The lowest BCUT2D eigenvalue weighted by Crippen LogP contribution is -2.30. The van der Waals surface area contributed by atoms with Gasteiger partial charge in [-0.15, -0.1) is 0 Å². The topological polar surface area (TPSA) is 37.4 Å². The third kappa shape index (κ3) is 2.18. The summed E-state index contributed by atoms with van der Waals surface area (Å²) < 4.78 is 0.823. The first-order chi connectivity index (χ1) is 9.66. The van der Waals surface area contributed by atoms with E-state index < -0.39 is 0 Å². The van der Waals surface area contributed by atoms with Crippen molar-refractivity contribution in [2.24, 2.45) is 0 Å². The van der Waals surface area contributed by atoms with Gasteiger partial charge in [-0.3, -0.25) is 9.59 Å².